The van der Waals surface area contributed by atoms with Gasteiger partial charge in [0.2, 0.25) is 11.8 Å². The second kappa shape index (κ2) is 4.47. The van der Waals surface area contributed by atoms with Gasteiger partial charge < -0.3 is 5.11 Å². The molecule has 1 fully saturated rings. The highest BCUT2D eigenvalue weighted by Crippen LogP contribution is 2.33. The lowest BCUT2D eigenvalue weighted by Gasteiger charge is -2.38. The monoisotopic (exact) mass is 241 g/mol. The number of likely N-dealkylation sites (tertiary alicyclic amines) is 1. The molecule has 96 valence electrons. The van der Waals surface area contributed by atoms with Crippen LogP contribution in [0.4, 0.5) is 0 Å². The standard InChI is InChI=1S/C12H19NO4/c1-7(11(16)17)8(2)13-9(14)5-12(3,4)6-10(13)15/h7-8H,5-6H2,1-4H3,(H,16,17). The van der Waals surface area contributed by atoms with E-state index in [0.717, 1.165) is 4.90 Å². The predicted molar refractivity (Wildman–Crippen MR) is 61.1 cm³/mol. The Morgan fingerprint density at radius 3 is 2.00 bits per heavy atom. The Labute approximate surface area is 101 Å². The Morgan fingerprint density at radius 2 is 1.65 bits per heavy atom. The number of imide groups is 1. The van der Waals surface area contributed by atoms with E-state index in [1.54, 1.807) is 6.92 Å². The van der Waals surface area contributed by atoms with E-state index in [1.165, 1.54) is 6.92 Å². The number of nitrogens with zero attached hydrogens (tertiary/aromatic N) is 1. The van der Waals surface area contributed by atoms with Crippen molar-refractivity contribution in [1.29, 1.82) is 0 Å². The smallest absolute Gasteiger partial charge is 0.308 e. The fraction of sp³-hybridized carbons (Fsp3) is 0.750. The number of piperidine rings is 1. The SMILES string of the molecule is CC(C(=O)O)C(C)N1C(=O)CC(C)(C)CC1=O. The summed E-state index contributed by atoms with van der Waals surface area (Å²) in [5.74, 6) is -2.29. The van der Waals surface area contributed by atoms with Gasteiger partial charge in [-0.1, -0.05) is 13.8 Å². The molecule has 17 heavy (non-hydrogen) atoms. The average molecular weight is 241 g/mol. The van der Waals surface area contributed by atoms with Gasteiger partial charge in [-0.3, -0.25) is 19.3 Å². The third kappa shape index (κ3) is 2.84. The molecule has 1 aliphatic heterocycles. The number of carboxylic acid groups (broad SMARTS) is 1. The summed E-state index contributed by atoms with van der Waals surface area (Å²) in [6.07, 6.45) is 0.574. The first kappa shape index (κ1) is 13.7. The zero-order chi connectivity index (χ0) is 13.4. The molecule has 0 aliphatic carbocycles. The minimum atomic E-state index is -0.997. The Bertz CT molecular complexity index is 342. The topological polar surface area (TPSA) is 74.7 Å². The molecule has 0 aromatic rings. The normalized spacial score (nSPS) is 23.4. The van der Waals surface area contributed by atoms with Crippen molar-refractivity contribution in [3.05, 3.63) is 0 Å². The van der Waals surface area contributed by atoms with Gasteiger partial charge in [0.15, 0.2) is 0 Å². The van der Waals surface area contributed by atoms with E-state index < -0.39 is 17.9 Å². The number of rotatable bonds is 3. The molecule has 0 aromatic heterocycles. The van der Waals surface area contributed by atoms with Crippen LogP contribution in [0.1, 0.15) is 40.5 Å². The first-order chi connectivity index (χ1) is 7.65. The molecule has 1 aliphatic rings. The number of carbonyl (C=O) groups excluding carboxylic acids is 2. The van der Waals surface area contributed by atoms with Crippen molar-refractivity contribution in [2.24, 2.45) is 11.3 Å². The van der Waals surface area contributed by atoms with Gasteiger partial charge in [-0.15, -0.1) is 0 Å². The maximum Gasteiger partial charge on any atom is 0.308 e. The van der Waals surface area contributed by atoms with Crippen molar-refractivity contribution < 1.29 is 19.5 Å². The van der Waals surface area contributed by atoms with Crippen molar-refractivity contribution in [2.75, 3.05) is 0 Å². The minimum absolute atomic E-state index is 0.271. The van der Waals surface area contributed by atoms with Crippen molar-refractivity contribution in [2.45, 2.75) is 46.6 Å². The van der Waals surface area contributed by atoms with Crippen LogP contribution in [0.2, 0.25) is 0 Å². The average Bonchev–Trinajstić information content (AvgIpc) is 2.12. The summed E-state index contributed by atoms with van der Waals surface area (Å²) in [7, 11) is 0. The van der Waals surface area contributed by atoms with Crippen LogP contribution >= 0.6 is 0 Å². The van der Waals surface area contributed by atoms with Gasteiger partial charge >= 0.3 is 5.97 Å². The number of carbonyl (C=O) groups is 3. The molecule has 5 nitrogen and oxygen atoms in total. The lowest BCUT2D eigenvalue weighted by atomic mass is 9.81. The van der Waals surface area contributed by atoms with E-state index in [2.05, 4.69) is 0 Å². The second-order valence-corrected chi connectivity index (χ2v) is 5.54. The van der Waals surface area contributed by atoms with Gasteiger partial charge in [0.1, 0.15) is 0 Å². The summed E-state index contributed by atoms with van der Waals surface area (Å²) >= 11 is 0. The summed E-state index contributed by atoms with van der Waals surface area (Å²) in [4.78, 5) is 35.8. The molecule has 0 saturated carbocycles. The van der Waals surface area contributed by atoms with Crippen LogP contribution in [0.15, 0.2) is 0 Å². The van der Waals surface area contributed by atoms with E-state index in [1.807, 2.05) is 13.8 Å². The van der Waals surface area contributed by atoms with Crippen LogP contribution in [0, 0.1) is 11.3 Å². The summed E-state index contributed by atoms with van der Waals surface area (Å²) in [6.45, 7) is 6.84. The first-order valence-electron chi connectivity index (χ1n) is 5.73. The molecule has 1 rings (SSSR count). The van der Waals surface area contributed by atoms with Crippen LogP contribution in [0.3, 0.4) is 0 Å². The van der Waals surface area contributed by atoms with Gasteiger partial charge in [-0.2, -0.15) is 0 Å². The predicted octanol–water partition coefficient (Wildman–Crippen LogP) is 1.27. The Balaban J connectivity index is 2.88. The molecule has 2 atom stereocenters. The van der Waals surface area contributed by atoms with Crippen LogP contribution in [-0.4, -0.2) is 33.8 Å². The van der Waals surface area contributed by atoms with Crippen molar-refractivity contribution in [1.82, 2.24) is 4.90 Å². The van der Waals surface area contributed by atoms with Gasteiger partial charge in [0, 0.05) is 18.9 Å². The Kier molecular flexibility index (Phi) is 3.59. The quantitative estimate of drug-likeness (QED) is 0.755. The van der Waals surface area contributed by atoms with E-state index >= 15 is 0 Å². The number of hydrogen-bond donors (Lipinski definition) is 1. The number of aliphatic carboxylic acids is 1. The molecule has 2 unspecified atom stereocenters. The lowest BCUT2D eigenvalue weighted by Crippen LogP contribution is -2.53. The first-order valence-corrected chi connectivity index (χ1v) is 5.73. The van der Waals surface area contributed by atoms with E-state index in [9.17, 15) is 14.4 Å². The lowest BCUT2D eigenvalue weighted by molar-refractivity contribution is -0.158. The molecule has 5 heteroatoms. The molecule has 1 N–H and O–H groups in total. The summed E-state index contributed by atoms with van der Waals surface area (Å²) in [6, 6.07) is -0.594. The van der Waals surface area contributed by atoms with E-state index in [-0.39, 0.29) is 30.1 Å². The van der Waals surface area contributed by atoms with Crippen LogP contribution in [0.5, 0.6) is 0 Å². The fourth-order valence-corrected chi connectivity index (χ4v) is 2.07. The van der Waals surface area contributed by atoms with Crippen LogP contribution in [0.25, 0.3) is 0 Å². The molecule has 2 amide bonds. The summed E-state index contributed by atoms with van der Waals surface area (Å²) in [5, 5.41) is 8.91. The molecular weight excluding hydrogens is 222 g/mol. The zero-order valence-corrected chi connectivity index (χ0v) is 10.7. The molecule has 0 aromatic carbocycles. The third-order valence-electron chi connectivity index (χ3n) is 3.32. The van der Waals surface area contributed by atoms with Crippen LogP contribution in [-0.2, 0) is 14.4 Å². The van der Waals surface area contributed by atoms with Crippen molar-refractivity contribution in [3.8, 4) is 0 Å². The van der Waals surface area contributed by atoms with Gasteiger partial charge in [0.05, 0.1) is 5.92 Å². The fourth-order valence-electron chi connectivity index (χ4n) is 2.07. The molecule has 0 bridgehead atoms. The van der Waals surface area contributed by atoms with Gasteiger partial charge in [-0.25, -0.2) is 0 Å². The number of hydrogen-bond acceptors (Lipinski definition) is 3. The van der Waals surface area contributed by atoms with Crippen molar-refractivity contribution >= 4 is 17.8 Å². The number of carboxylic acids is 1. The van der Waals surface area contributed by atoms with E-state index in [0.29, 0.717) is 0 Å². The molecule has 1 saturated heterocycles. The molecule has 0 radical (unpaired) electrons. The molecule has 0 spiro atoms. The zero-order valence-electron chi connectivity index (χ0n) is 10.7. The highest BCUT2D eigenvalue weighted by Gasteiger charge is 2.41. The van der Waals surface area contributed by atoms with Crippen molar-refractivity contribution in [3.63, 3.8) is 0 Å². The maximum absolute atomic E-state index is 11.9. The summed E-state index contributed by atoms with van der Waals surface area (Å²) in [5.41, 5.74) is -0.323. The largest absolute Gasteiger partial charge is 0.481 e. The van der Waals surface area contributed by atoms with Crippen LogP contribution < -0.4 is 0 Å². The van der Waals surface area contributed by atoms with Gasteiger partial charge in [0.25, 0.3) is 0 Å². The molecule has 1 heterocycles. The Morgan fingerprint density at radius 1 is 1.24 bits per heavy atom. The third-order valence-corrected chi connectivity index (χ3v) is 3.32. The highest BCUT2D eigenvalue weighted by atomic mass is 16.4. The Hall–Kier alpha value is -1.39. The van der Waals surface area contributed by atoms with E-state index in [4.69, 9.17) is 5.11 Å². The van der Waals surface area contributed by atoms with Gasteiger partial charge in [-0.05, 0) is 19.3 Å². The maximum atomic E-state index is 11.9. The number of amides is 2. The highest BCUT2D eigenvalue weighted by molar-refractivity contribution is 5.99. The summed E-state index contributed by atoms with van der Waals surface area (Å²) < 4.78 is 0. The molecular formula is C12H19NO4. The minimum Gasteiger partial charge on any atom is -0.481 e. The second-order valence-electron chi connectivity index (χ2n) is 5.54.